The van der Waals surface area contributed by atoms with E-state index in [1.165, 1.54) is 0 Å². The van der Waals surface area contributed by atoms with E-state index < -0.39 is 0 Å². The van der Waals surface area contributed by atoms with E-state index >= 15 is 0 Å². The summed E-state index contributed by atoms with van der Waals surface area (Å²) in [6.45, 7) is 4.18. The van der Waals surface area contributed by atoms with Gasteiger partial charge in [-0.1, -0.05) is 23.7 Å². The van der Waals surface area contributed by atoms with E-state index in [1.54, 1.807) is 0 Å². The smallest absolute Gasteiger partial charge is 0.111 e. The molecule has 18 heavy (non-hydrogen) atoms. The summed E-state index contributed by atoms with van der Waals surface area (Å²) < 4.78 is 0. The molecule has 1 saturated heterocycles. The zero-order valence-electron chi connectivity index (χ0n) is 10.3. The second kappa shape index (κ2) is 4.75. The van der Waals surface area contributed by atoms with Gasteiger partial charge >= 0.3 is 0 Å². The zero-order valence-corrected chi connectivity index (χ0v) is 11.1. The third-order valence-corrected chi connectivity index (χ3v) is 3.72. The van der Waals surface area contributed by atoms with Gasteiger partial charge in [0.1, 0.15) is 5.82 Å². The molecule has 1 aliphatic rings. The molecule has 4 heteroatoms. The molecule has 1 atom stereocenters. The van der Waals surface area contributed by atoms with Crippen LogP contribution in [0.2, 0.25) is 5.02 Å². The van der Waals surface area contributed by atoms with Crippen molar-refractivity contribution in [2.45, 2.75) is 19.3 Å². The van der Waals surface area contributed by atoms with Crippen LogP contribution < -0.4 is 5.32 Å². The Morgan fingerprint density at radius 3 is 2.72 bits per heavy atom. The van der Waals surface area contributed by atoms with Gasteiger partial charge in [-0.2, -0.15) is 0 Å². The standard InChI is InChI=1S/C14H16ClN3/c1-9-13(10-2-4-12(15)5-3-10)18-14(17-9)11-6-7-16-8-11/h2-5,11,16H,6-8H2,1H3,(H,17,18). The van der Waals surface area contributed by atoms with Crippen molar-refractivity contribution in [3.63, 3.8) is 0 Å². The van der Waals surface area contributed by atoms with E-state index in [0.717, 1.165) is 47.3 Å². The molecule has 1 aromatic heterocycles. The Labute approximate surface area is 112 Å². The number of benzene rings is 1. The Hall–Kier alpha value is -1.32. The van der Waals surface area contributed by atoms with Gasteiger partial charge in [0.15, 0.2) is 0 Å². The monoisotopic (exact) mass is 261 g/mol. The SMILES string of the molecule is Cc1[nH]c(C2CCNC2)nc1-c1ccc(Cl)cc1. The van der Waals surface area contributed by atoms with Gasteiger partial charge in [0.05, 0.1) is 5.69 Å². The molecule has 0 spiro atoms. The Morgan fingerprint density at radius 2 is 2.06 bits per heavy atom. The largest absolute Gasteiger partial charge is 0.345 e. The zero-order chi connectivity index (χ0) is 12.5. The fourth-order valence-corrected chi connectivity index (χ4v) is 2.58. The number of nitrogens with one attached hydrogen (secondary N) is 2. The maximum absolute atomic E-state index is 5.91. The first kappa shape index (κ1) is 11.8. The molecule has 2 heterocycles. The highest BCUT2D eigenvalue weighted by Crippen LogP contribution is 2.27. The summed E-state index contributed by atoms with van der Waals surface area (Å²) in [7, 11) is 0. The number of halogens is 1. The maximum Gasteiger partial charge on any atom is 0.111 e. The number of imidazole rings is 1. The minimum absolute atomic E-state index is 0.518. The highest BCUT2D eigenvalue weighted by Gasteiger charge is 2.21. The normalized spacial score (nSPS) is 19.3. The van der Waals surface area contributed by atoms with Crippen molar-refractivity contribution in [2.24, 2.45) is 0 Å². The van der Waals surface area contributed by atoms with Gasteiger partial charge in [0, 0.05) is 28.7 Å². The lowest BCUT2D eigenvalue weighted by Crippen LogP contribution is -2.08. The molecular weight excluding hydrogens is 246 g/mol. The number of hydrogen-bond donors (Lipinski definition) is 2. The van der Waals surface area contributed by atoms with E-state index in [9.17, 15) is 0 Å². The van der Waals surface area contributed by atoms with Crippen LogP contribution in [0.25, 0.3) is 11.3 Å². The highest BCUT2D eigenvalue weighted by molar-refractivity contribution is 6.30. The van der Waals surface area contributed by atoms with Crippen LogP contribution in [0, 0.1) is 6.92 Å². The summed E-state index contributed by atoms with van der Waals surface area (Å²) in [6, 6.07) is 7.84. The van der Waals surface area contributed by atoms with Crippen LogP contribution in [0.5, 0.6) is 0 Å². The molecule has 0 amide bonds. The van der Waals surface area contributed by atoms with E-state index in [4.69, 9.17) is 16.6 Å². The van der Waals surface area contributed by atoms with Crippen molar-refractivity contribution in [3.8, 4) is 11.3 Å². The first-order valence-corrected chi connectivity index (χ1v) is 6.65. The molecule has 1 aliphatic heterocycles. The minimum Gasteiger partial charge on any atom is -0.345 e. The number of aryl methyl sites for hydroxylation is 1. The predicted molar refractivity (Wildman–Crippen MR) is 74.0 cm³/mol. The second-order valence-electron chi connectivity index (χ2n) is 4.79. The lowest BCUT2D eigenvalue weighted by atomic mass is 10.1. The van der Waals surface area contributed by atoms with Crippen LogP contribution in [-0.2, 0) is 0 Å². The van der Waals surface area contributed by atoms with Gasteiger partial charge in [-0.3, -0.25) is 0 Å². The van der Waals surface area contributed by atoms with Gasteiger partial charge in [-0.25, -0.2) is 4.98 Å². The maximum atomic E-state index is 5.91. The highest BCUT2D eigenvalue weighted by atomic mass is 35.5. The Kier molecular flexibility index (Phi) is 3.10. The van der Waals surface area contributed by atoms with Gasteiger partial charge in [-0.15, -0.1) is 0 Å². The van der Waals surface area contributed by atoms with Gasteiger partial charge < -0.3 is 10.3 Å². The van der Waals surface area contributed by atoms with Crippen LogP contribution in [-0.4, -0.2) is 23.1 Å². The Bertz CT molecular complexity index is 539. The molecule has 1 unspecified atom stereocenters. The molecule has 0 saturated carbocycles. The van der Waals surface area contributed by atoms with Gasteiger partial charge in [0.25, 0.3) is 0 Å². The van der Waals surface area contributed by atoms with Crippen LogP contribution in [0.1, 0.15) is 23.9 Å². The van der Waals surface area contributed by atoms with Crippen LogP contribution in [0.3, 0.4) is 0 Å². The lowest BCUT2D eigenvalue weighted by molar-refractivity contribution is 0.713. The Balaban J connectivity index is 1.94. The predicted octanol–water partition coefficient (Wildman–Crippen LogP) is 3.12. The van der Waals surface area contributed by atoms with Crippen molar-refractivity contribution in [1.29, 1.82) is 0 Å². The fraction of sp³-hybridized carbons (Fsp3) is 0.357. The van der Waals surface area contributed by atoms with E-state index in [2.05, 4.69) is 17.2 Å². The van der Waals surface area contributed by atoms with Crippen molar-refractivity contribution in [1.82, 2.24) is 15.3 Å². The second-order valence-corrected chi connectivity index (χ2v) is 5.23. The van der Waals surface area contributed by atoms with Crippen LogP contribution in [0.15, 0.2) is 24.3 Å². The molecule has 3 rings (SSSR count). The summed E-state index contributed by atoms with van der Waals surface area (Å²) in [5, 5.41) is 4.13. The molecule has 1 aromatic carbocycles. The number of aromatic nitrogens is 2. The molecule has 1 fully saturated rings. The molecular formula is C14H16ClN3. The summed E-state index contributed by atoms with van der Waals surface area (Å²) in [5.41, 5.74) is 3.28. The quantitative estimate of drug-likeness (QED) is 0.872. The molecule has 3 nitrogen and oxygen atoms in total. The lowest BCUT2D eigenvalue weighted by Gasteiger charge is -2.02. The number of rotatable bonds is 2. The van der Waals surface area contributed by atoms with Crippen molar-refractivity contribution < 1.29 is 0 Å². The molecule has 2 N–H and O–H groups in total. The van der Waals surface area contributed by atoms with Crippen molar-refractivity contribution in [3.05, 3.63) is 40.8 Å². The summed E-state index contributed by atoms with van der Waals surface area (Å²) in [6.07, 6.45) is 1.16. The number of nitrogens with zero attached hydrogens (tertiary/aromatic N) is 1. The number of aromatic amines is 1. The molecule has 0 aliphatic carbocycles. The first-order chi connectivity index (χ1) is 8.74. The van der Waals surface area contributed by atoms with E-state index in [1.807, 2.05) is 24.3 Å². The number of H-pyrrole nitrogens is 1. The summed E-state index contributed by atoms with van der Waals surface area (Å²) in [4.78, 5) is 8.17. The minimum atomic E-state index is 0.518. The first-order valence-electron chi connectivity index (χ1n) is 6.27. The average molecular weight is 262 g/mol. The summed E-state index contributed by atoms with van der Waals surface area (Å²) in [5.74, 6) is 1.62. The topological polar surface area (TPSA) is 40.7 Å². The van der Waals surface area contributed by atoms with Gasteiger partial charge in [-0.05, 0) is 32.0 Å². The van der Waals surface area contributed by atoms with Gasteiger partial charge in [0.2, 0.25) is 0 Å². The van der Waals surface area contributed by atoms with E-state index in [-0.39, 0.29) is 0 Å². The fourth-order valence-electron chi connectivity index (χ4n) is 2.45. The summed E-state index contributed by atoms with van der Waals surface area (Å²) >= 11 is 5.91. The third kappa shape index (κ3) is 2.16. The Morgan fingerprint density at radius 1 is 1.28 bits per heavy atom. The molecule has 0 radical (unpaired) electrons. The molecule has 94 valence electrons. The average Bonchev–Trinajstić information content (AvgIpc) is 2.99. The van der Waals surface area contributed by atoms with E-state index in [0.29, 0.717) is 5.92 Å². The van der Waals surface area contributed by atoms with Crippen LogP contribution >= 0.6 is 11.6 Å². The molecule has 0 bridgehead atoms. The van der Waals surface area contributed by atoms with Crippen LogP contribution in [0.4, 0.5) is 0 Å². The number of hydrogen-bond acceptors (Lipinski definition) is 2. The van der Waals surface area contributed by atoms with Crippen molar-refractivity contribution in [2.75, 3.05) is 13.1 Å². The van der Waals surface area contributed by atoms with Crippen molar-refractivity contribution >= 4 is 11.6 Å². The molecule has 2 aromatic rings. The third-order valence-electron chi connectivity index (χ3n) is 3.47.